The van der Waals surface area contributed by atoms with Crippen molar-refractivity contribution in [2.24, 2.45) is 0 Å². The Kier molecular flexibility index (Phi) is 12.7. The van der Waals surface area contributed by atoms with E-state index in [1.165, 1.54) is 106 Å². The molecule has 0 saturated carbocycles. The van der Waals surface area contributed by atoms with Crippen LogP contribution in [0.4, 0.5) is 0 Å². The van der Waals surface area contributed by atoms with Crippen LogP contribution in [0, 0.1) is 42.5 Å². The van der Waals surface area contributed by atoms with Crippen LogP contribution in [0.2, 0.25) is 0 Å². The summed E-state index contributed by atoms with van der Waals surface area (Å²) >= 11 is 1.36. The quantitative estimate of drug-likeness (QED) is 0.129. The summed E-state index contributed by atoms with van der Waals surface area (Å²) in [7, 11) is 0. The second-order valence-corrected chi connectivity index (χ2v) is 11.9. The molecule has 0 spiro atoms. The number of fused-ring (bicyclic) bond motifs is 3. The first-order valence-corrected chi connectivity index (χ1v) is 19.2. The van der Waals surface area contributed by atoms with Gasteiger partial charge in [0.1, 0.15) is 0 Å². The van der Waals surface area contributed by atoms with Crippen LogP contribution in [0.15, 0.2) is 115 Å². The molecule has 7 aromatic carbocycles. The van der Waals surface area contributed by atoms with Crippen LogP contribution in [0.3, 0.4) is 0 Å². The Morgan fingerprint density at radius 3 is 1.91 bits per heavy atom. The van der Waals surface area contributed by atoms with E-state index in [1.807, 2.05) is 0 Å². The molecule has 0 aromatic heterocycles. The van der Waals surface area contributed by atoms with Crippen molar-refractivity contribution in [2.45, 2.75) is 47.5 Å². The van der Waals surface area contributed by atoms with Crippen molar-refractivity contribution in [3.63, 3.8) is 0 Å². The molecule has 7 rings (SSSR count). The van der Waals surface area contributed by atoms with Crippen LogP contribution in [-0.2, 0) is 23.3 Å². The van der Waals surface area contributed by atoms with Gasteiger partial charge in [0.15, 0.2) is 0 Å². The first-order chi connectivity index (χ1) is 20.8. The van der Waals surface area contributed by atoms with Gasteiger partial charge in [-0.25, -0.2) is 0 Å². The van der Waals surface area contributed by atoms with Gasteiger partial charge >= 0.3 is 30.2 Å². The molecule has 0 aliphatic rings. The van der Waals surface area contributed by atoms with Gasteiger partial charge in [0.2, 0.25) is 0 Å². The molecule has 0 saturated heterocycles. The molecule has 7 aromatic rings. The molecule has 2 heteroatoms. The van der Waals surface area contributed by atoms with Crippen molar-refractivity contribution < 1.29 is 23.3 Å². The van der Waals surface area contributed by atoms with Crippen molar-refractivity contribution >= 4 is 39.2 Å². The molecule has 0 bridgehead atoms. The number of hydrogen-bond donors (Lipinski definition) is 0. The predicted octanol–water partition coefficient (Wildman–Crippen LogP) is 12.5. The third-order valence-corrected chi connectivity index (χ3v) is 8.45. The molecule has 0 aliphatic carbocycles. The molecule has 0 unspecified atom stereocenters. The average Bonchev–Trinajstić information content (AvgIpc) is 3.64. The van der Waals surface area contributed by atoms with Gasteiger partial charge < -0.3 is 14.9 Å². The first-order valence-electron chi connectivity index (χ1n) is 15.0. The summed E-state index contributed by atoms with van der Waals surface area (Å²) in [5.74, 6) is 0.578. The van der Waals surface area contributed by atoms with Crippen molar-refractivity contribution in [2.75, 3.05) is 0 Å². The van der Waals surface area contributed by atoms with Crippen molar-refractivity contribution in [1.82, 2.24) is 0 Å². The van der Waals surface area contributed by atoms with Crippen LogP contribution in [-0.4, -0.2) is 6.88 Å². The molecule has 0 amide bonds. The van der Waals surface area contributed by atoms with Crippen LogP contribution in [0.25, 0.3) is 54.6 Å². The summed E-state index contributed by atoms with van der Waals surface area (Å²) in [5.41, 5.74) is 12.1. The van der Waals surface area contributed by atoms with Gasteiger partial charge in [-0.1, -0.05) is 117 Å². The van der Waals surface area contributed by atoms with E-state index in [0.29, 0.717) is 5.92 Å². The summed E-state index contributed by atoms with van der Waals surface area (Å²) in [6, 6.07) is 42.3. The molecule has 0 nitrogen and oxygen atoms in total. The van der Waals surface area contributed by atoms with Crippen molar-refractivity contribution in [1.29, 1.82) is 0 Å². The van der Waals surface area contributed by atoms with Crippen molar-refractivity contribution in [3.8, 4) is 22.3 Å². The summed E-state index contributed by atoms with van der Waals surface area (Å²) in [5, 5.41) is 8.09. The minimum absolute atomic E-state index is 0. The summed E-state index contributed by atoms with van der Waals surface area (Å²) in [6.45, 7) is 16.3. The maximum atomic E-state index is 3.06. The van der Waals surface area contributed by atoms with E-state index >= 15 is 0 Å². The van der Waals surface area contributed by atoms with Crippen LogP contribution < -0.4 is 0 Å². The van der Waals surface area contributed by atoms with E-state index < -0.39 is 0 Å². The molecule has 2 radical (unpaired) electrons. The third-order valence-electron chi connectivity index (χ3n) is 8.45. The van der Waals surface area contributed by atoms with Gasteiger partial charge in [-0.15, -0.1) is 68.6 Å². The Morgan fingerprint density at radius 2 is 1.18 bits per heavy atom. The second kappa shape index (κ2) is 15.8. The molecule has 228 valence electrons. The minimum atomic E-state index is 0. The summed E-state index contributed by atoms with van der Waals surface area (Å²) < 4.78 is 0. The Hall–Kier alpha value is -3.32. The molecule has 0 atom stereocenters. The van der Waals surface area contributed by atoms with E-state index in [9.17, 15) is 0 Å². The van der Waals surface area contributed by atoms with E-state index in [2.05, 4.69) is 164 Å². The zero-order valence-electron chi connectivity index (χ0n) is 28.0. The molecular formula is C43H44SiZr-4. The van der Waals surface area contributed by atoms with Crippen molar-refractivity contribution in [3.05, 3.63) is 158 Å². The fraction of sp³-hybridized carbons (Fsp3) is 0.163. The Bertz CT molecular complexity index is 2030. The van der Waals surface area contributed by atoms with E-state index in [-0.39, 0.29) is 14.9 Å². The molecule has 0 heterocycles. The van der Waals surface area contributed by atoms with Crippen LogP contribution >= 0.6 is 0 Å². The van der Waals surface area contributed by atoms with E-state index in [1.54, 1.807) is 0 Å². The monoisotopic (exact) mass is 678 g/mol. The van der Waals surface area contributed by atoms with Gasteiger partial charge in [0.05, 0.1) is 0 Å². The number of rotatable bonds is 3. The third kappa shape index (κ3) is 7.57. The summed E-state index contributed by atoms with van der Waals surface area (Å²) in [4.78, 5) is 0. The van der Waals surface area contributed by atoms with Gasteiger partial charge in [-0.3, -0.25) is 0 Å². The standard InChI is InChI=1S/C21H17.C20H21.2CH3.Si.Zr/c1-14-12-20-15(2)10-11-19(21(20)13-14)18-9-5-7-16-6-3-4-8-17(16)18;1-13(2)17-11-16-6-5-7-18(20(16)12-17)19-10-14(3)8-9-15(19)4;;;;/h3-13H,1-2H3;5-13H,1-4H3;2*1H3;;/q4*-1;;. The van der Waals surface area contributed by atoms with E-state index in [4.69, 9.17) is 0 Å². The fourth-order valence-electron chi connectivity index (χ4n) is 6.14. The summed E-state index contributed by atoms with van der Waals surface area (Å²) in [6.07, 6.45) is 0. The normalized spacial score (nSPS) is 10.4. The van der Waals surface area contributed by atoms with Gasteiger partial charge in [0, 0.05) is 0 Å². The van der Waals surface area contributed by atoms with Gasteiger partial charge in [0.25, 0.3) is 0 Å². The van der Waals surface area contributed by atoms with E-state index in [0.717, 1.165) is 0 Å². The molecule has 0 fully saturated rings. The number of aryl methyl sites for hydroxylation is 4. The van der Waals surface area contributed by atoms with Crippen LogP contribution in [0.1, 0.15) is 47.6 Å². The SMILES string of the molecule is Cc1cc2c(-c3cccc4ccccc34)ccc(C)c2[cH-]1.Cc1ccc(C)c(-c2cccc3[cH-]c(C(C)C)cc23)c1.[CH3-].[CH3-].[Si]=[Zr]. The Balaban J connectivity index is 0.000000224. The molecular weight excluding hydrogens is 636 g/mol. The molecule has 0 aliphatic heterocycles. The number of benzene rings is 5. The fourth-order valence-corrected chi connectivity index (χ4v) is 6.14. The van der Waals surface area contributed by atoms with Crippen LogP contribution in [0.5, 0.6) is 0 Å². The van der Waals surface area contributed by atoms with Gasteiger partial charge in [-0.05, 0) is 47.2 Å². The van der Waals surface area contributed by atoms with Gasteiger partial charge in [-0.2, -0.15) is 12.1 Å². The Labute approximate surface area is 288 Å². The predicted molar refractivity (Wildman–Crippen MR) is 199 cm³/mol. The zero-order valence-corrected chi connectivity index (χ0v) is 31.5. The number of hydrogen-bond acceptors (Lipinski definition) is 0. The molecule has 0 N–H and O–H groups in total. The first kappa shape index (κ1) is 36.2. The second-order valence-electron chi connectivity index (χ2n) is 11.9. The Morgan fingerprint density at radius 1 is 0.556 bits per heavy atom. The maximum absolute atomic E-state index is 3.06. The average molecular weight is 680 g/mol. The zero-order chi connectivity index (χ0) is 30.7. The molecule has 45 heavy (non-hydrogen) atoms. The topological polar surface area (TPSA) is 0 Å².